The molecule has 278 valence electrons. The second-order valence-corrected chi connectivity index (χ2v) is 21.8. The van der Waals surface area contributed by atoms with Crippen LogP contribution in [0.3, 0.4) is 0 Å². The van der Waals surface area contributed by atoms with Crippen molar-refractivity contribution in [3.05, 3.63) is 106 Å². The van der Waals surface area contributed by atoms with Crippen molar-refractivity contribution in [2.75, 3.05) is 0 Å². The number of benzene rings is 5. The van der Waals surface area contributed by atoms with Crippen LogP contribution in [-0.2, 0) is 32.5 Å². The van der Waals surface area contributed by atoms with Crippen molar-refractivity contribution in [1.29, 1.82) is 0 Å². The Morgan fingerprint density at radius 3 is 1.19 bits per heavy atom. The molecule has 5 aromatic carbocycles. The highest BCUT2D eigenvalue weighted by Crippen LogP contribution is 2.47. The smallest absolute Gasteiger partial charge is 0.135 e. The second-order valence-electron chi connectivity index (χ2n) is 21.8. The first-order valence-corrected chi connectivity index (χ1v) is 19.5. The summed E-state index contributed by atoms with van der Waals surface area (Å²) in [5, 5.41) is 5.19. The third-order valence-electron chi connectivity index (χ3n) is 10.8. The fourth-order valence-electron chi connectivity index (χ4n) is 7.49. The van der Waals surface area contributed by atoms with Gasteiger partial charge < -0.3 is 4.74 Å². The Morgan fingerprint density at radius 1 is 0.346 bits per heavy atom. The average molecular weight is 697 g/mol. The van der Waals surface area contributed by atoms with Crippen LogP contribution in [-0.4, -0.2) is 0 Å². The van der Waals surface area contributed by atoms with Gasteiger partial charge in [0.2, 0.25) is 0 Å². The van der Waals surface area contributed by atoms with Crippen molar-refractivity contribution in [2.45, 2.75) is 164 Å². The van der Waals surface area contributed by atoms with Crippen LogP contribution in [0.5, 0.6) is 11.5 Å². The van der Waals surface area contributed by atoms with Gasteiger partial charge in [-0.05, 0) is 131 Å². The molecule has 0 N–H and O–H groups in total. The summed E-state index contributed by atoms with van der Waals surface area (Å²) in [4.78, 5) is 0. The highest BCUT2D eigenvalue weighted by Gasteiger charge is 2.29. The average Bonchev–Trinajstić information content (AvgIpc) is 2.97. The van der Waals surface area contributed by atoms with E-state index in [1.165, 1.54) is 66.1 Å². The molecule has 0 radical (unpaired) electrons. The zero-order valence-electron chi connectivity index (χ0n) is 36.3. The first kappa shape index (κ1) is 39.6. The molecule has 0 aromatic heterocycles. The maximum atomic E-state index is 7.29. The molecule has 0 unspecified atom stereocenters. The lowest BCUT2D eigenvalue weighted by Gasteiger charge is -2.30. The highest BCUT2D eigenvalue weighted by molar-refractivity contribution is 5.95. The first-order valence-electron chi connectivity index (χ1n) is 19.5. The molecule has 52 heavy (non-hydrogen) atoms. The van der Waals surface area contributed by atoms with Gasteiger partial charge in [-0.1, -0.05) is 161 Å². The van der Waals surface area contributed by atoms with Gasteiger partial charge in [-0.25, -0.2) is 0 Å². The van der Waals surface area contributed by atoms with E-state index >= 15 is 0 Å². The summed E-state index contributed by atoms with van der Waals surface area (Å²) in [6.45, 7) is 44.0. The van der Waals surface area contributed by atoms with E-state index in [-0.39, 0.29) is 32.5 Å². The van der Waals surface area contributed by atoms with Crippen molar-refractivity contribution in [3.63, 3.8) is 0 Å². The molecule has 1 nitrogen and oxygen atoms in total. The predicted molar refractivity (Wildman–Crippen MR) is 230 cm³/mol. The summed E-state index contributed by atoms with van der Waals surface area (Å²) < 4.78 is 7.29. The maximum absolute atomic E-state index is 7.29. The lowest BCUT2D eigenvalue weighted by molar-refractivity contribution is 0.457. The minimum absolute atomic E-state index is 0.0176. The Bertz CT molecular complexity index is 2150. The Morgan fingerprint density at radius 2 is 0.769 bits per heavy atom. The standard InChI is InChI=1S/C51H68O/c1-31-20-21-44(52-45-30-37-33(26-43(45)51(17,18)19)24-35(47(5,6)7)28-42(37)50(14,15)16)39(22-31)38-29-36-32(25-40(38)48(8,9)10)23-34(46(2,3)4)27-41(36)49(11,12)13/h20-30H,1-19H3. The largest absolute Gasteiger partial charge is 0.456 e. The van der Waals surface area contributed by atoms with Gasteiger partial charge in [-0.2, -0.15) is 0 Å². The molecule has 5 aromatic rings. The van der Waals surface area contributed by atoms with E-state index in [0.717, 1.165) is 17.1 Å². The molecule has 0 atom stereocenters. The number of hydrogen-bond donors (Lipinski definition) is 0. The molecule has 0 bridgehead atoms. The van der Waals surface area contributed by atoms with E-state index in [1.807, 2.05) is 0 Å². The van der Waals surface area contributed by atoms with Crippen LogP contribution < -0.4 is 4.74 Å². The van der Waals surface area contributed by atoms with Crippen LogP contribution in [0, 0.1) is 6.92 Å². The Labute approximate surface area is 317 Å². The molecule has 0 spiro atoms. The normalized spacial score (nSPS) is 13.7. The third kappa shape index (κ3) is 8.00. The first-order chi connectivity index (χ1) is 23.5. The molecular formula is C51H68O. The van der Waals surface area contributed by atoms with E-state index in [4.69, 9.17) is 4.74 Å². The molecule has 0 aliphatic carbocycles. The topological polar surface area (TPSA) is 9.23 Å². The number of aryl methyl sites for hydroxylation is 1. The van der Waals surface area contributed by atoms with Crippen LogP contribution in [0.2, 0.25) is 0 Å². The molecule has 5 rings (SSSR count). The fraction of sp³-hybridized carbons (Fsp3) is 0.490. The van der Waals surface area contributed by atoms with Crippen molar-refractivity contribution in [3.8, 4) is 22.6 Å². The van der Waals surface area contributed by atoms with E-state index in [2.05, 4.69) is 198 Å². The molecule has 1 heteroatoms. The summed E-state index contributed by atoms with van der Waals surface area (Å²) in [7, 11) is 0. The van der Waals surface area contributed by atoms with Gasteiger partial charge in [0.25, 0.3) is 0 Å². The fourth-order valence-corrected chi connectivity index (χ4v) is 7.49. The van der Waals surface area contributed by atoms with Crippen LogP contribution in [0.15, 0.2) is 66.7 Å². The van der Waals surface area contributed by atoms with Gasteiger partial charge in [0.05, 0.1) is 0 Å². The number of ether oxygens (including phenoxy) is 1. The van der Waals surface area contributed by atoms with Gasteiger partial charge in [-0.3, -0.25) is 0 Å². The maximum Gasteiger partial charge on any atom is 0.135 e. The molecule has 0 amide bonds. The summed E-state index contributed by atoms with van der Waals surface area (Å²) in [5.74, 6) is 1.83. The van der Waals surface area contributed by atoms with Crippen molar-refractivity contribution < 1.29 is 4.74 Å². The van der Waals surface area contributed by atoms with Gasteiger partial charge in [0, 0.05) is 11.1 Å². The van der Waals surface area contributed by atoms with Crippen LogP contribution in [0.1, 0.15) is 164 Å². The minimum Gasteiger partial charge on any atom is -0.456 e. The molecule has 0 aliphatic heterocycles. The van der Waals surface area contributed by atoms with Gasteiger partial charge in [-0.15, -0.1) is 0 Å². The SMILES string of the molecule is Cc1ccc(Oc2cc3c(C(C)(C)C)cc(C(C)(C)C)cc3cc2C(C)(C)C)c(-c2cc3c(C(C)(C)C)cc(C(C)(C)C)cc3cc2C(C)(C)C)c1. The van der Waals surface area contributed by atoms with Crippen molar-refractivity contribution in [1.82, 2.24) is 0 Å². The number of hydrogen-bond acceptors (Lipinski definition) is 1. The van der Waals surface area contributed by atoms with Crippen molar-refractivity contribution in [2.24, 2.45) is 0 Å². The predicted octanol–water partition coefficient (Wildman–Crippen LogP) is 15.5. The van der Waals surface area contributed by atoms with Gasteiger partial charge >= 0.3 is 0 Å². The number of fused-ring (bicyclic) bond motifs is 2. The second kappa shape index (κ2) is 12.8. The quantitative estimate of drug-likeness (QED) is 0.182. The summed E-state index contributed by atoms with van der Waals surface area (Å²) in [6.07, 6.45) is 0. The van der Waals surface area contributed by atoms with Crippen molar-refractivity contribution >= 4 is 21.5 Å². The zero-order valence-corrected chi connectivity index (χ0v) is 36.3. The lowest BCUT2D eigenvalue weighted by atomic mass is 9.75. The molecule has 0 heterocycles. The molecule has 0 fully saturated rings. The van der Waals surface area contributed by atoms with Gasteiger partial charge in [0.1, 0.15) is 11.5 Å². The van der Waals surface area contributed by atoms with Crippen LogP contribution in [0.25, 0.3) is 32.7 Å². The van der Waals surface area contributed by atoms with Crippen LogP contribution >= 0.6 is 0 Å². The summed E-state index contributed by atoms with van der Waals surface area (Å²) >= 11 is 0. The third-order valence-corrected chi connectivity index (χ3v) is 10.8. The molecular weight excluding hydrogens is 629 g/mol. The zero-order chi connectivity index (χ0) is 39.1. The van der Waals surface area contributed by atoms with Gasteiger partial charge in [0.15, 0.2) is 0 Å². The Balaban J connectivity index is 1.85. The summed E-state index contributed by atoms with van der Waals surface area (Å²) in [5.41, 5.74) is 11.5. The molecule has 0 aliphatic rings. The van der Waals surface area contributed by atoms with E-state index in [9.17, 15) is 0 Å². The van der Waals surface area contributed by atoms with E-state index < -0.39 is 0 Å². The lowest BCUT2D eigenvalue weighted by Crippen LogP contribution is -2.18. The summed E-state index contributed by atoms with van der Waals surface area (Å²) in [6, 6.07) is 26.1. The Hall–Kier alpha value is -3.58. The minimum atomic E-state index is -0.125. The monoisotopic (exact) mass is 697 g/mol. The van der Waals surface area contributed by atoms with E-state index in [1.54, 1.807) is 0 Å². The number of rotatable bonds is 3. The van der Waals surface area contributed by atoms with Crippen LogP contribution in [0.4, 0.5) is 0 Å². The Kier molecular flexibility index (Phi) is 9.74. The molecule has 0 saturated heterocycles. The molecule has 0 saturated carbocycles. The highest BCUT2D eigenvalue weighted by atomic mass is 16.5. The van der Waals surface area contributed by atoms with E-state index in [0.29, 0.717) is 0 Å².